The van der Waals surface area contributed by atoms with Crippen LogP contribution >= 0.6 is 9.39 Å². The molecule has 6 nitrogen and oxygen atoms in total. The second kappa shape index (κ2) is 4.42. The quantitative estimate of drug-likeness (QED) is 0.566. The molecule has 1 aliphatic heterocycles. The highest BCUT2D eigenvalue weighted by Gasteiger charge is 2.55. The molecule has 0 aromatic carbocycles. The predicted octanol–water partition coefficient (Wildman–Crippen LogP) is -0.506. The van der Waals surface area contributed by atoms with Crippen LogP contribution in [0.3, 0.4) is 0 Å². The second-order valence-electron chi connectivity index (χ2n) is 3.63. The number of nitrogens with zero attached hydrogens (tertiary/aromatic N) is 2. The molecule has 0 spiro atoms. The van der Waals surface area contributed by atoms with E-state index >= 15 is 0 Å². The van der Waals surface area contributed by atoms with Crippen LogP contribution in [-0.2, 0) is 4.79 Å². The molecule has 1 fully saturated rings. The zero-order chi connectivity index (χ0) is 11.6. The molecule has 4 unspecified atom stereocenters. The molecule has 7 heteroatoms. The molecule has 0 aliphatic carbocycles. The van der Waals surface area contributed by atoms with Crippen LogP contribution in [0.4, 0.5) is 0 Å². The van der Waals surface area contributed by atoms with Crippen molar-refractivity contribution in [3.63, 3.8) is 0 Å². The molecule has 0 amide bonds. The van der Waals surface area contributed by atoms with Crippen LogP contribution in [0.2, 0.25) is 0 Å². The van der Waals surface area contributed by atoms with Gasteiger partial charge < -0.3 is 15.3 Å². The highest BCUT2D eigenvalue weighted by Crippen LogP contribution is 2.44. The van der Waals surface area contributed by atoms with Gasteiger partial charge in [0, 0.05) is 12.8 Å². The van der Waals surface area contributed by atoms with Gasteiger partial charge in [-0.2, -0.15) is 5.26 Å². The Labute approximate surface area is 89.4 Å². The highest BCUT2D eigenvalue weighted by molar-refractivity contribution is 7.13. The van der Waals surface area contributed by atoms with E-state index in [9.17, 15) is 15.0 Å². The van der Waals surface area contributed by atoms with E-state index in [4.69, 9.17) is 10.4 Å². The van der Waals surface area contributed by atoms with Crippen LogP contribution in [0.1, 0.15) is 19.3 Å². The van der Waals surface area contributed by atoms with Gasteiger partial charge in [-0.05, 0) is 6.42 Å². The number of rotatable bonds is 3. The number of aliphatic hydroxyl groups is 2. The van der Waals surface area contributed by atoms with Crippen molar-refractivity contribution >= 4 is 15.4 Å². The van der Waals surface area contributed by atoms with E-state index in [1.807, 2.05) is 6.07 Å². The van der Waals surface area contributed by atoms with Gasteiger partial charge in [-0.25, -0.2) is 4.67 Å². The van der Waals surface area contributed by atoms with Crippen LogP contribution in [0.15, 0.2) is 0 Å². The van der Waals surface area contributed by atoms with E-state index in [-0.39, 0.29) is 19.3 Å². The third-order valence-electron chi connectivity index (χ3n) is 2.78. The normalized spacial score (nSPS) is 36.4. The molecule has 0 radical (unpaired) electrons. The van der Waals surface area contributed by atoms with Gasteiger partial charge in [0.25, 0.3) is 0 Å². The van der Waals surface area contributed by atoms with Crippen molar-refractivity contribution in [3.8, 4) is 6.07 Å². The van der Waals surface area contributed by atoms with Gasteiger partial charge in [-0.3, -0.25) is 4.79 Å². The zero-order valence-corrected chi connectivity index (χ0v) is 9.15. The molecule has 0 bridgehead atoms. The first-order valence-electron chi connectivity index (χ1n) is 4.45. The first-order chi connectivity index (χ1) is 6.95. The van der Waals surface area contributed by atoms with Gasteiger partial charge in [0.2, 0.25) is 0 Å². The maximum absolute atomic E-state index is 11.1. The van der Waals surface area contributed by atoms with Crippen molar-refractivity contribution in [3.05, 3.63) is 0 Å². The average Bonchev–Trinajstić information content (AvgIpc) is 2.41. The number of aliphatic hydroxyl groups excluding tert-OH is 2. The molecule has 1 rings (SSSR count). The van der Waals surface area contributed by atoms with E-state index in [1.54, 1.807) is 0 Å². The van der Waals surface area contributed by atoms with Crippen LogP contribution < -0.4 is 0 Å². The largest absolute Gasteiger partial charge is 0.481 e. The SMILES string of the molecule is N#CCCC1(C(=O)O)CC(O)N(P)C1O. The maximum Gasteiger partial charge on any atom is 0.313 e. The Morgan fingerprint density at radius 1 is 1.67 bits per heavy atom. The zero-order valence-electron chi connectivity index (χ0n) is 8.00. The Morgan fingerprint density at radius 3 is 2.60 bits per heavy atom. The number of carbonyl (C=O) groups is 1. The molecule has 0 aromatic rings. The third kappa shape index (κ3) is 1.97. The summed E-state index contributed by atoms with van der Waals surface area (Å²) in [6, 6.07) is 1.84. The van der Waals surface area contributed by atoms with Crippen molar-refractivity contribution in [1.29, 1.82) is 5.26 Å². The van der Waals surface area contributed by atoms with Crippen molar-refractivity contribution < 1.29 is 20.1 Å². The fourth-order valence-corrected chi connectivity index (χ4v) is 2.19. The summed E-state index contributed by atoms with van der Waals surface area (Å²) in [5.74, 6) is -1.19. The van der Waals surface area contributed by atoms with E-state index < -0.39 is 23.8 Å². The summed E-state index contributed by atoms with van der Waals surface area (Å²) in [7, 11) is 2.09. The van der Waals surface area contributed by atoms with Gasteiger partial charge in [-0.1, -0.05) is 9.39 Å². The van der Waals surface area contributed by atoms with Gasteiger partial charge >= 0.3 is 5.97 Å². The molecule has 0 aromatic heterocycles. The number of carboxylic acids is 1. The number of aliphatic carboxylic acids is 1. The molecule has 1 saturated heterocycles. The minimum atomic E-state index is -1.45. The first kappa shape index (κ1) is 12.3. The van der Waals surface area contributed by atoms with Gasteiger partial charge in [0.15, 0.2) is 0 Å². The lowest BCUT2D eigenvalue weighted by molar-refractivity contribution is -0.157. The minimum absolute atomic E-state index is 0.0297. The Hall–Kier alpha value is -0.730. The van der Waals surface area contributed by atoms with Crippen LogP contribution in [0.5, 0.6) is 0 Å². The van der Waals surface area contributed by atoms with E-state index in [1.165, 1.54) is 0 Å². The Kier molecular flexibility index (Phi) is 3.63. The smallest absolute Gasteiger partial charge is 0.313 e. The van der Waals surface area contributed by atoms with Gasteiger partial charge in [-0.15, -0.1) is 0 Å². The van der Waals surface area contributed by atoms with Crippen molar-refractivity contribution in [1.82, 2.24) is 4.67 Å². The molecule has 84 valence electrons. The van der Waals surface area contributed by atoms with Gasteiger partial charge in [0.1, 0.15) is 17.9 Å². The average molecular weight is 232 g/mol. The number of hydrogen-bond donors (Lipinski definition) is 3. The second-order valence-corrected chi connectivity index (χ2v) is 4.22. The molecule has 1 heterocycles. The Balaban J connectivity index is 2.93. The monoisotopic (exact) mass is 232 g/mol. The highest BCUT2D eigenvalue weighted by atomic mass is 31.0. The predicted molar refractivity (Wildman–Crippen MR) is 53.1 cm³/mol. The van der Waals surface area contributed by atoms with Crippen LogP contribution in [0.25, 0.3) is 0 Å². The van der Waals surface area contributed by atoms with Crippen molar-refractivity contribution in [2.45, 2.75) is 31.7 Å². The minimum Gasteiger partial charge on any atom is -0.481 e. The standard InChI is InChI=1S/C8H13N2O4P/c9-3-1-2-8(7(13)14)4-5(11)10(15)6(8)12/h5-6,11-12H,1-2,4,15H2,(H,13,14). The summed E-state index contributed by atoms with van der Waals surface area (Å²) in [6.45, 7) is 0. The molecule has 4 atom stereocenters. The molecule has 1 aliphatic rings. The lowest BCUT2D eigenvalue weighted by Gasteiger charge is -2.28. The molecule has 0 saturated carbocycles. The summed E-state index contributed by atoms with van der Waals surface area (Å²) in [5.41, 5.74) is -1.45. The Morgan fingerprint density at radius 2 is 2.27 bits per heavy atom. The fourth-order valence-electron chi connectivity index (χ4n) is 1.80. The fraction of sp³-hybridized carbons (Fsp3) is 0.750. The van der Waals surface area contributed by atoms with Crippen molar-refractivity contribution in [2.24, 2.45) is 5.41 Å². The number of carboxylic acid groups (broad SMARTS) is 1. The summed E-state index contributed by atoms with van der Waals surface area (Å²) < 4.78 is 1.12. The van der Waals surface area contributed by atoms with Crippen molar-refractivity contribution in [2.75, 3.05) is 0 Å². The molecule has 3 N–H and O–H groups in total. The van der Waals surface area contributed by atoms with E-state index in [0.717, 1.165) is 4.67 Å². The van der Waals surface area contributed by atoms with E-state index in [2.05, 4.69) is 9.39 Å². The lowest BCUT2D eigenvalue weighted by Crippen LogP contribution is -2.42. The van der Waals surface area contributed by atoms with Crippen LogP contribution in [0, 0.1) is 16.7 Å². The van der Waals surface area contributed by atoms with E-state index in [0.29, 0.717) is 0 Å². The molecular formula is C8H13N2O4P. The number of nitriles is 1. The molecular weight excluding hydrogens is 219 g/mol. The van der Waals surface area contributed by atoms with Crippen LogP contribution in [-0.4, -0.2) is 38.4 Å². The summed E-state index contributed by atoms with van der Waals surface area (Å²) in [4.78, 5) is 11.1. The Bertz CT molecular complexity index is 306. The summed E-state index contributed by atoms with van der Waals surface area (Å²) in [6.07, 6.45) is -2.31. The topological polar surface area (TPSA) is 105 Å². The lowest BCUT2D eigenvalue weighted by atomic mass is 9.81. The first-order valence-corrected chi connectivity index (χ1v) is 4.97. The molecule has 15 heavy (non-hydrogen) atoms. The number of hydrogen-bond acceptors (Lipinski definition) is 5. The third-order valence-corrected chi connectivity index (χ3v) is 3.40. The summed E-state index contributed by atoms with van der Waals surface area (Å²) in [5, 5.41) is 36.7. The summed E-state index contributed by atoms with van der Waals surface area (Å²) >= 11 is 0. The maximum atomic E-state index is 11.1. The van der Waals surface area contributed by atoms with Gasteiger partial charge in [0.05, 0.1) is 6.07 Å².